The van der Waals surface area contributed by atoms with E-state index in [0.29, 0.717) is 11.4 Å². The summed E-state index contributed by atoms with van der Waals surface area (Å²) >= 11 is 12.0. The second kappa shape index (κ2) is 9.27. The molecule has 8 nitrogen and oxygen atoms in total. The van der Waals surface area contributed by atoms with Gasteiger partial charge in [-0.1, -0.05) is 41.4 Å². The number of nitrogens with two attached hydrogens (primary N) is 1. The summed E-state index contributed by atoms with van der Waals surface area (Å²) in [7, 11) is -2.76. The van der Waals surface area contributed by atoms with Gasteiger partial charge in [0.15, 0.2) is 0 Å². The second-order valence-corrected chi connectivity index (χ2v) is 9.03. The highest BCUT2D eigenvalue weighted by atomic mass is 35.5. The Hall–Kier alpha value is -2.59. The Morgan fingerprint density at radius 2 is 1.74 bits per heavy atom. The van der Waals surface area contributed by atoms with Crippen LogP contribution in [-0.2, 0) is 10.0 Å². The molecule has 3 aromatic rings. The first kappa shape index (κ1) is 23.1. The van der Waals surface area contributed by atoms with E-state index in [1.807, 2.05) is 19.1 Å². The maximum atomic E-state index is 12.8. The Labute approximate surface area is 190 Å². The van der Waals surface area contributed by atoms with Gasteiger partial charge in [-0.05, 0) is 43.7 Å². The van der Waals surface area contributed by atoms with Gasteiger partial charge in [-0.15, -0.1) is 0 Å². The molecular formula is C20H20Cl2N4O4S. The quantitative estimate of drug-likeness (QED) is 0.500. The number of halogens is 2. The van der Waals surface area contributed by atoms with Crippen LogP contribution in [0.3, 0.4) is 0 Å². The minimum atomic E-state index is -4.10. The molecule has 31 heavy (non-hydrogen) atoms. The average Bonchev–Trinajstić information content (AvgIpc) is 2.72. The van der Waals surface area contributed by atoms with E-state index in [1.165, 1.54) is 25.3 Å². The van der Waals surface area contributed by atoms with E-state index in [0.717, 1.165) is 5.56 Å². The molecule has 0 saturated heterocycles. The lowest BCUT2D eigenvalue weighted by molar-refractivity contribution is 0.381. The van der Waals surface area contributed by atoms with E-state index in [9.17, 15) is 8.42 Å². The zero-order valence-electron chi connectivity index (χ0n) is 16.9. The van der Waals surface area contributed by atoms with Crippen molar-refractivity contribution in [3.8, 4) is 17.5 Å². The molecule has 0 aliphatic carbocycles. The molecule has 1 atom stereocenters. The normalized spacial score (nSPS) is 12.3. The number of methoxy groups -OCH3 is 1. The van der Waals surface area contributed by atoms with Crippen molar-refractivity contribution in [2.45, 2.75) is 24.8 Å². The van der Waals surface area contributed by atoms with Crippen LogP contribution in [0.4, 0.5) is 5.82 Å². The zero-order valence-corrected chi connectivity index (χ0v) is 19.2. The van der Waals surface area contributed by atoms with Gasteiger partial charge in [0.2, 0.25) is 11.7 Å². The van der Waals surface area contributed by atoms with Gasteiger partial charge < -0.3 is 15.2 Å². The minimum absolute atomic E-state index is 0.0745. The Bertz CT molecular complexity index is 1200. The fourth-order valence-electron chi connectivity index (χ4n) is 2.62. The largest absolute Gasteiger partial charge is 0.478 e. The summed E-state index contributed by atoms with van der Waals surface area (Å²) in [5, 5.41) is 0.00748. The number of sulfonamides is 1. The van der Waals surface area contributed by atoms with Crippen LogP contribution in [0.25, 0.3) is 0 Å². The highest BCUT2D eigenvalue weighted by Crippen LogP contribution is 2.33. The van der Waals surface area contributed by atoms with E-state index in [2.05, 4.69) is 14.7 Å². The number of ether oxygens (including phenoxy) is 2. The van der Waals surface area contributed by atoms with Crippen molar-refractivity contribution in [1.82, 2.24) is 9.97 Å². The summed E-state index contributed by atoms with van der Waals surface area (Å²) in [4.78, 5) is 8.30. The van der Waals surface area contributed by atoms with Crippen molar-refractivity contribution in [2.75, 3.05) is 11.8 Å². The lowest BCUT2D eigenvalue weighted by atomic mass is 10.1. The smallest absolute Gasteiger partial charge is 0.264 e. The molecule has 0 saturated carbocycles. The molecule has 3 rings (SSSR count). The first-order valence-electron chi connectivity index (χ1n) is 9.05. The molecule has 11 heteroatoms. The van der Waals surface area contributed by atoms with Crippen LogP contribution >= 0.6 is 23.2 Å². The third-order valence-corrected chi connectivity index (χ3v) is 6.56. The first-order chi connectivity index (χ1) is 14.6. The predicted octanol–water partition coefficient (Wildman–Crippen LogP) is 4.71. The number of nitrogens with zero attached hydrogens (tertiary/aromatic N) is 2. The van der Waals surface area contributed by atoms with Gasteiger partial charge in [0, 0.05) is 6.04 Å². The van der Waals surface area contributed by atoms with Crippen molar-refractivity contribution in [2.24, 2.45) is 5.73 Å². The molecule has 0 fully saturated rings. The van der Waals surface area contributed by atoms with Gasteiger partial charge in [-0.3, -0.25) is 4.72 Å². The van der Waals surface area contributed by atoms with E-state index >= 15 is 0 Å². The number of rotatable bonds is 7. The van der Waals surface area contributed by atoms with Crippen LogP contribution in [0.1, 0.15) is 24.2 Å². The Kier molecular flexibility index (Phi) is 6.90. The molecular weight excluding hydrogens is 463 g/mol. The van der Waals surface area contributed by atoms with Gasteiger partial charge in [-0.25, -0.2) is 13.4 Å². The summed E-state index contributed by atoms with van der Waals surface area (Å²) < 4.78 is 38.9. The van der Waals surface area contributed by atoms with E-state index in [1.54, 1.807) is 19.1 Å². The number of anilines is 1. The van der Waals surface area contributed by atoms with E-state index in [4.69, 9.17) is 38.4 Å². The van der Waals surface area contributed by atoms with Crippen molar-refractivity contribution < 1.29 is 17.9 Å². The second-order valence-electron chi connectivity index (χ2n) is 6.59. The molecule has 1 unspecified atom stereocenters. The number of hydrogen-bond donors (Lipinski definition) is 2. The predicted molar refractivity (Wildman–Crippen MR) is 120 cm³/mol. The third-order valence-electron chi connectivity index (χ3n) is 4.25. The molecule has 1 aromatic heterocycles. The molecule has 0 radical (unpaired) electrons. The monoisotopic (exact) mass is 482 g/mol. The van der Waals surface area contributed by atoms with Gasteiger partial charge >= 0.3 is 0 Å². The number of nitrogens with one attached hydrogen (secondary N) is 1. The van der Waals surface area contributed by atoms with Gasteiger partial charge in [0.25, 0.3) is 15.9 Å². The molecule has 0 spiro atoms. The Balaban J connectivity index is 1.91. The highest BCUT2D eigenvalue weighted by Gasteiger charge is 2.24. The SMILES string of the molecule is COc1nc(Oc2ccc(C(C)N)cc2)c(C)nc1NS(=O)(=O)c1cccc(Cl)c1Cl. The zero-order chi connectivity index (χ0) is 22.8. The number of benzene rings is 2. The van der Waals surface area contributed by atoms with Crippen molar-refractivity contribution in [1.29, 1.82) is 0 Å². The van der Waals surface area contributed by atoms with Crippen molar-refractivity contribution in [3.05, 3.63) is 63.8 Å². The Morgan fingerprint density at radius 1 is 1.06 bits per heavy atom. The maximum absolute atomic E-state index is 12.8. The summed E-state index contributed by atoms with van der Waals surface area (Å²) in [6.07, 6.45) is 0. The van der Waals surface area contributed by atoms with Crippen LogP contribution in [-0.4, -0.2) is 25.5 Å². The lowest BCUT2D eigenvalue weighted by Gasteiger charge is -2.14. The van der Waals surface area contributed by atoms with Crippen molar-refractivity contribution >= 4 is 39.0 Å². The van der Waals surface area contributed by atoms with Crippen LogP contribution in [0.2, 0.25) is 10.0 Å². The molecule has 0 aliphatic rings. The van der Waals surface area contributed by atoms with Crippen molar-refractivity contribution in [3.63, 3.8) is 0 Å². The van der Waals surface area contributed by atoms with Crippen LogP contribution in [0.15, 0.2) is 47.4 Å². The first-order valence-corrected chi connectivity index (χ1v) is 11.3. The molecule has 0 amide bonds. The lowest BCUT2D eigenvalue weighted by Crippen LogP contribution is -2.16. The van der Waals surface area contributed by atoms with Gasteiger partial charge in [0.05, 0.1) is 17.2 Å². The number of hydrogen-bond acceptors (Lipinski definition) is 7. The summed E-state index contributed by atoms with van der Waals surface area (Å²) in [6, 6.07) is 11.4. The minimum Gasteiger partial charge on any atom is -0.478 e. The maximum Gasteiger partial charge on any atom is 0.264 e. The van der Waals surface area contributed by atoms with Crippen LogP contribution < -0.4 is 19.9 Å². The highest BCUT2D eigenvalue weighted by molar-refractivity contribution is 7.92. The summed E-state index contributed by atoms with van der Waals surface area (Å²) in [6.45, 7) is 3.51. The fraction of sp³-hybridized carbons (Fsp3) is 0.200. The number of aryl methyl sites for hydroxylation is 1. The third kappa shape index (κ3) is 5.19. The van der Waals surface area contributed by atoms with Crippen LogP contribution in [0, 0.1) is 6.92 Å². The van der Waals surface area contributed by atoms with E-state index < -0.39 is 10.0 Å². The number of aromatic nitrogens is 2. The topological polar surface area (TPSA) is 116 Å². The average molecular weight is 483 g/mol. The van der Waals surface area contributed by atoms with Crippen LogP contribution in [0.5, 0.6) is 17.5 Å². The molecule has 3 N–H and O–H groups in total. The van der Waals surface area contributed by atoms with Gasteiger partial charge in [-0.2, -0.15) is 4.98 Å². The van der Waals surface area contributed by atoms with Gasteiger partial charge in [0.1, 0.15) is 16.3 Å². The molecule has 0 aliphatic heterocycles. The fourth-order valence-corrected chi connectivity index (χ4v) is 4.38. The van der Waals surface area contributed by atoms with E-state index in [-0.39, 0.29) is 38.6 Å². The molecule has 0 bridgehead atoms. The molecule has 164 valence electrons. The molecule has 1 heterocycles. The Morgan fingerprint density at radius 3 is 2.35 bits per heavy atom. The summed E-state index contributed by atoms with van der Waals surface area (Å²) in [5.74, 6) is 0.488. The summed E-state index contributed by atoms with van der Waals surface area (Å²) in [5.41, 5.74) is 7.15. The standard InChI is InChI=1S/C20H20Cl2N4O4S/c1-11(23)13-7-9-14(10-8-13)30-19-12(2)24-18(20(25-19)29-3)26-31(27,28)16-6-4-5-15(21)17(16)22/h4-11H,23H2,1-3H3,(H,24,26). The molecule has 2 aromatic carbocycles.